The Morgan fingerprint density at radius 2 is 2.18 bits per heavy atom. The van der Waals surface area contributed by atoms with Crippen molar-refractivity contribution >= 4 is 22.7 Å². The summed E-state index contributed by atoms with van der Waals surface area (Å²) in [7, 11) is 0. The van der Waals surface area contributed by atoms with Gasteiger partial charge in [0.2, 0.25) is 0 Å². The number of primary amides is 1. The van der Waals surface area contributed by atoms with Crippen LogP contribution in [0.4, 0.5) is 4.79 Å². The van der Waals surface area contributed by atoms with Crippen molar-refractivity contribution in [1.82, 2.24) is 14.8 Å². The molecule has 0 spiro atoms. The van der Waals surface area contributed by atoms with E-state index in [1.54, 1.807) is 22.9 Å². The van der Waals surface area contributed by atoms with Crippen molar-refractivity contribution in [3.8, 4) is 0 Å². The third kappa shape index (κ3) is 2.40. The van der Waals surface area contributed by atoms with E-state index < -0.39 is 0 Å². The van der Waals surface area contributed by atoms with Crippen LogP contribution in [-0.4, -0.2) is 45.8 Å². The van der Waals surface area contributed by atoms with Crippen molar-refractivity contribution in [2.75, 3.05) is 19.6 Å². The Morgan fingerprint density at radius 1 is 1.36 bits per heavy atom. The van der Waals surface area contributed by atoms with Crippen LogP contribution < -0.4 is 5.73 Å². The van der Waals surface area contributed by atoms with E-state index in [1.165, 1.54) is 25.9 Å². The van der Waals surface area contributed by atoms with E-state index in [-0.39, 0.29) is 11.4 Å². The number of aromatic nitrogens is 1. The van der Waals surface area contributed by atoms with Gasteiger partial charge in [0.05, 0.1) is 5.37 Å². The van der Waals surface area contributed by atoms with Gasteiger partial charge in [-0.05, 0) is 37.9 Å². The predicted octanol–water partition coefficient (Wildman–Crippen LogP) is 2.18. The Hall–Kier alpha value is -1.53. The molecule has 5 nitrogen and oxygen atoms in total. The summed E-state index contributed by atoms with van der Waals surface area (Å²) in [4.78, 5) is 21.4. The van der Waals surface area contributed by atoms with Crippen LogP contribution in [0.2, 0.25) is 0 Å². The number of piperidine rings is 3. The van der Waals surface area contributed by atoms with Gasteiger partial charge in [-0.2, -0.15) is 0 Å². The summed E-state index contributed by atoms with van der Waals surface area (Å²) in [6.07, 6.45) is 8.01. The molecule has 22 heavy (non-hydrogen) atoms. The van der Waals surface area contributed by atoms with Crippen LogP contribution in [0.25, 0.3) is 4.91 Å². The van der Waals surface area contributed by atoms with E-state index in [2.05, 4.69) is 9.88 Å². The molecule has 4 aliphatic heterocycles. The second-order valence-corrected chi connectivity index (χ2v) is 7.45. The van der Waals surface area contributed by atoms with Gasteiger partial charge in [-0.15, -0.1) is 0 Å². The molecule has 6 heteroatoms. The number of hydrogen-bond donors (Lipinski definition) is 1. The number of amides is 2. The fourth-order valence-electron chi connectivity index (χ4n) is 3.88. The highest BCUT2D eigenvalue weighted by molar-refractivity contribution is 8.09. The number of urea groups is 1. The fourth-order valence-corrected chi connectivity index (χ4v) is 5.34. The number of fused-ring (bicyclic) bond motifs is 3. The van der Waals surface area contributed by atoms with Crippen LogP contribution in [0, 0.1) is 11.8 Å². The Bertz CT molecular complexity index is 597. The predicted molar refractivity (Wildman–Crippen MR) is 87.7 cm³/mol. The van der Waals surface area contributed by atoms with Gasteiger partial charge in [0.25, 0.3) is 0 Å². The number of hydrogen-bond acceptors (Lipinski definition) is 4. The zero-order valence-electron chi connectivity index (χ0n) is 12.4. The molecule has 1 aromatic rings. The van der Waals surface area contributed by atoms with Gasteiger partial charge >= 0.3 is 6.03 Å². The molecule has 4 aliphatic rings. The molecular formula is C16H20N4OS. The maximum absolute atomic E-state index is 11.9. The number of nitrogens with zero attached hydrogens (tertiary/aromatic N) is 3. The van der Waals surface area contributed by atoms with Gasteiger partial charge in [0.15, 0.2) is 0 Å². The molecule has 0 aromatic carbocycles. The lowest BCUT2D eigenvalue weighted by molar-refractivity contribution is 0.0354. The second-order valence-electron chi connectivity index (χ2n) is 6.29. The summed E-state index contributed by atoms with van der Waals surface area (Å²) in [6, 6.07) is 3.60. The molecule has 1 aromatic heterocycles. The molecule has 5 heterocycles. The highest BCUT2D eigenvalue weighted by Crippen LogP contribution is 2.47. The number of nitrogens with two attached hydrogens (primary N) is 1. The molecule has 0 saturated carbocycles. The first-order valence-electron chi connectivity index (χ1n) is 7.81. The average molecular weight is 316 g/mol. The van der Waals surface area contributed by atoms with Crippen molar-refractivity contribution < 1.29 is 4.79 Å². The number of carbonyl (C=O) groups excluding carboxylic acids is 1. The number of thioether (sulfide) groups is 1. The summed E-state index contributed by atoms with van der Waals surface area (Å²) in [5.41, 5.74) is 6.69. The first-order chi connectivity index (χ1) is 10.7. The minimum Gasteiger partial charge on any atom is -0.351 e. The van der Waals surface area contributed by atoms with Crippen molar-refractivity contribution in [1.29, 1.82) is 0 Å². The normalized spacial score (nSPS) is 33.8. The van der Waals surface area contributed by atoms with Crippen LogP contribution >= 0.6 is 11.8 Å². The SMILES string of the molecule is NC(=O)N1C=C(c2cccnc2)SC1C1CN2CCC1CC2. The molecule has 5 rings (SSSR count). The molecule has 2 unspecified atom stereocenters. The fraction of sp³-hybridized carbons (Fsp3) is 0.500. The van der Waals surface area contributed by atoms with Crippen LogP contribution in [0.1, 0.15) is 18.4 Å². The first-order valence-corrected chi connectivity index (χ1v) is 8.69. The molecule has 2 N–H and O–H groups in total. The van der Waals surface area contributed by atoms with Crippen molar-refractivity contribution in [2.45, 2.75) is 18.2 Å². The van der Waals surface area contributed by atoms with E-state index >= 15 is 0 Å². The molecule has 2 amide bonds. The standard InChI is InChI=1S/C16H20N4OS/c17-16(21)20-10-14(12-2-1-5-18-8-12)22-15(20)13-9-19-6-3-11(13)4-7-19/h1-2,5,8,10-11,13,15H,3-4,6-7,9H2,(H2,17,21). The monoisotopic (exact) mass is 316 g/mol. The van der Waals surface area contributed by atoms with Crippen LogP contribution in [0.3, 0.4) is 0 Å². The minimum atomic E-state index is -0.354. The summed E-state index contributed by atoms with van der Waals surface area (Å²) >= 11 is 1.77. The van der Waals surface area contributed by atoms with Crippen LogP contribution in [0.15, 0.2) is 30.7 Å². The van der Waals surface area contributed by atoms with Crippen molar-refractivity contribution in [2.24, 2.45) is 17.6 Å². The zero-order chi connectivity index (χ0) is 15.1. The molecular weight excluding hydrogens is 296 g/mol. The van der Waals surface area contributed by atoms with Gasteiger partial charge in [-0.3, -0.25) is 9.88 Å². The third-order valence-electron chi connectivity index (χ3n) is 5.05. The van der Waals surface area contributed by atoms with Gasteiger partial charge < -0.3 is 10.6 Å². The van der Waals surface area contributed by atoms with Crippen LogP contribution in [0.5, 0.6) is 0 Å². The molecule has 2 bridgehead atoms. The highest BCUT2D eigenvalue weighted by Gasteiger charge is 2.44. The number of carbonyl (C=O) groups is 1. The average Bonchev–Trinajstić information content (AvgIpc) is 3.02. The van der Waals surface area contributed by atoms with Gasteiger partial charge in [0.1, 0.15) is 0 Å². The summed E-state index contributed by atoms with van der Waals surface area (Å²) < 4.78 is 0. The van der Waals surface area contributed by atoms with E-state index in [0.29, 0.717) is 11.8 Å². The Morgan fingerprint density at radius 3 is 2.77 bits per heavy atom. The topological polar surface area (TPSA) is 62.5 Å². The number of pyridine rings is 1. The maximum atomic E-state index is 11.9. The highest BCUT2D eigenvalue weighted by atomic mass is 32.2. The van der Waals surface area contributed by atoms with E-state index in [9.17, 15) is 4.79 Å². The quantitative estimate of drug-likeness (QED) is 0.908. The summed E-state index contributed by atoms with van der Waals surface area (Å²) in [6.45, 7) is 3.50. The zero-order valence-corrected chi connectivity index (χ0v) is 13.2. The Labute approximate surface area is 134 Å². The van der Waals surface area contributed by atoms with E-state index in [0.717, 1.165) is 17.0 Å². The molecule has 0 radical (unpaired) electrons. The maximum Gasteiger partial charge on any atom is 0.319 e. The summed E-state index contributed by atoms with van der Waals surface area (Å²) in [5.74, 6) is 1.22. The van der Waals surface area contributed by atoms with Crippen molar-refractivity contribution in [3.63, 3.8) is 0 Å². The van der Waals surface area contributed by atoms with E-state index in [1.807, 2.05) is 24.5 Å². The Balaban J connectivity index is 1.60. The third-order valence-corrected chi connectivity index (χ3v) is 6.47. The minimum absolute atomic E-state index is 0.126. The van der Waals surface area contributed by atoms with E-state index in [4.69, 9.17) is 5.73 Å². The van der Waals surface area contributed by atoms with Crippen LogP contribution in [-0.2, 0) is 0 Å². The molecule has 116 valence electrons. The largest absolute Gasteiger partial charge is 0.351 e. The number of rotatable bonds is 2. The smallest absolute Gasteiger partial charge is 0.319 e. The first kappa shape index (κ1) is 14.1. The lowest BCUT2D eigenvalue weighted by Gasteiger charge is -2.48. The van der Waals surface area contributed by atoms with Crippen molar-refractivity contribution in [3.05, 3.63) is 36.3 Å². The summed E-state index contributed by atoms with van der Waals surface area (Å²) in [5, 5.41) is 0.126. The van der Waals surface area contributed by atoms with Gasteiger partial charge in [-0.25, -0.2) is 4.79 Å². The molecule has 3 fully saturated rings. The molecule has 2 atom stereocenters. The lowest BCUT2D eigenvalue weighted by Crippen LogP contribution is -2.54. The lowest BCUT2D eigenvalue weighted by atomic mass is 9.78. The van der Waals surface area contributed by atoms with Gasteiger partial charge in [-0.1, -0.05) is 17.8 Å². The van der Waals surface area contributed by atoms with Gasteiger partial charge in [0, 0.05) is 41.5 Å². The molecule has 3 saturated heterocycles. The second kappa shape index (κ2) is 5.59. The Kier molecular flexibility index (Phi) is 3.58. The molecule has 0 aliphatic carbocycles.